The smallest absolute Gasteiger partial charge is 0.313 e. The molecule has 0 bridgehead atoms. The largest absolute Gasteiger partial charge is 0.383 e. The van der Waals surface area contributed by atoms with E-state index < -0.39 is 11.8 Å². The fraction of sp³-hybridized carbons (Fsp3) is 0.688. The molecular weight excluding hydrogens is 310 g/mol. The van der Waals surface area contributed by atoms with Crippen LogP contribution in [0.1, 0.15) is 26.2 Å². The van der Waals surface area contributed by atoms with Gasteiger partial charge in [-0.05, 0) is 20.5 Å². The molecule has 1 rings (SSSR count). The van der Waals surface area contributed by atoms with Crippen molar-refractivity contribution in [1.82, 2.24) is 20.0 Å². The van der Waals surface area contributed by atoms with Gasteiger partial charge in [0.2, 0.25) is 0 Å². The molecule has 0 unspecified atom stereocenters. The van der Waals surface area contributed by atoms with Gasteiger partial charge < -0.3 is 20.3 Å². The Morgan fingerprint density at radius 3 is 2.75 bits per heavy atom. The van der Waals surface area contributed by atoms with Crippen molar-refractivity contribution in [3.8, 4) is 0 Å². The Balaban J connectivity index is 2.49. The molecule has 24 heavy (non-hydrogen) atoms. The molecule has 1 aromatic heterocycles. The van der Waals surface area contributed by atoms with Crippen LogP contribution in [0.3, 0.4) is 0 Å². The molecule has 2 amide bonds. The summed E-state index contributed by atoms with van der Waals surface area (Å²) in [5.74, 6) is -1.35. The normalized spacial score (nSPS) is 12.2. The molecule has 0 saturated carbocycles. The maximum absolute atomic E-state index is 12.0. The Bertz CT molecular complexity index is 516. The third kappa shape index (κ3) is 7.56. The predicted octanol–water partition coefficient (Wildman–Crippen LogP) is 0.705. The highest BCUT2D eigenvalue weighted by atomic mass is 16.5. The summed E-state index contributed by atoms with van der Waals surface area (Å²) in [4.78, 5) is 26.0. The lowest BCUT2D eigenvalue weighted by Gasteiger charge is -2.17. The van der Waals surface area contributed by atoms with Crippen LogP contribution < -0.4 is 10.6 Å². The van der Waals surface area contributed by atoms with Gasteiger partial charge in [0.1, 0.15) is 0 Å². The highest BCUT2D eigenvalue weighted by Gasteiger charge is 2.19. The number of carbonyl (C=O) groups excluding carboxylic acids is 2. The predicted molar refractivity (Wildman–Crippen MR) is 92.7 cm³/mol. The third-order valence-corrected chi connectivity index (χ3v) is 3.48. The molecule has 1 heterocycles. The van der Waals surface area contributed by atoms with Gasteiger partial charge in [-0.15, -0.1) is 0 Å². The number of aromatic nitrogens is 2. The Morgan fingerprint density at radius 1 is 1.38 bits per heavy atom. The van der Waals surface area contributed by atoms with E-state index in [1.54, 1.807) is 18.0 Å². The zero-order valence-corrected chi connectivity index (χ0v) is 15.0. The third-order valence-electron chi connectivity index (χ3n) is 3.48. The van der Waals surface area contributed by atoms with E-state index >= 15 is 0 Å². The molecule has 0 spiro atoms. The molecule has 2 N–H and O–H groups in total. The Hall–Kier alpha value is -1.93. The summed E-state index contributed by atoms with van der Waals surface area (Å²) in [6.07, 6.45) is 6.01. The van der Waals surface area contributed by atoms with Crippen LogP contribution in [0.5, 0.6) is 0 Å². The summed E-state index contributed by atoms with van der Waals surface area (Å²) in [5, 5.41) is 9.43. The number of carbonyl (C=O) groups is 2. The number of rotatable bonds is 10. The molecule has 8 heteroatoms. The van der Waals surface area contributed by atoms with Crippen molar-refractivity contribution in [2.24, 2.45) is 0 Å². The van der Waals surface area contributed by atoms with Gasteiger partial charge in [-0.3, -0.25) is 14.3 Å². The molecule has 136 valence electrons. The quantitative estimate of drug-likeness (QED) is 0.613. The minimum absolute atomic E-state index is 0.156. The van der Waals surface area contributed by atoms with Crippen LogP contribution in [0.15, 0.2) is 12.4 Å². The minimum Gasteiger partial charge on any atom is -0.383 e. The van der Waals surface area contributed by atoms with E-state index in [1.165, 1.54) is 6.20 Å². The molecule has 8 nitrogen and oxygen atoms in total. The van der Waals surface area contributed by atoms with Gasteiger partial charge in [-0.25, -0.2) is 0 Å². The summed E-state index contributed by atoms with van der Waals surface area (Å²) >= 11 is 0. The van der Waals surface area contributed by atoms with Crippen molar-refractivity contribution in [3.05, 3.63) is 12.4 Å². The highest BCUT2D eigenvalue weighted by Crippen LogP contribution is 2.05. The van der Waals surface area contributed by atoms with Gasteiger partial charge >= 0.3 is 11.8 Å². The zero-order chi connectivity index (χ0) is 17.9. The number of nitrogens with one attached hydrogen (secondary N) is 2. The molecule has 0 fully saturated rings. The number of hydrogen-bond acceptors (Lipinski definition) is 5. The number of nitrogens with zero attached hydrogens (tertiary/aromatic N) is 3. The lowest BCUT2D eigenvalue weighted by molar-refractivity contribution is -0.136. The summed E-state index contributed by atoms with van der Waals surface area (Å²) < 4.78 is 6.81. The average molecular weight is 339 g/mol. The number of anilines is 1. The fourth-order valence-electron chi connectivity index (χ4n) is 2.14. The van der Waals surface area contributed by atoms with E-state index in [0.717, 1.165) is 25.8 Å². The van der Waals surface area contributed by atoms with Crippen molar-refractivity contribution < 1.29 is 14.3 Å². The summed E-state index contributed by atoms with van der Waals surface area (Å²) in [6.45, 7) is 4.02. The first-order valence-corrected chi connectivity index (χ1v) is 8.24. The summed E-state index contributed by atoms with van der Waals surface area (Å²) in [7, 11) is 5.53. The van der Waals surface area contributed by atoms with Gasteiger partial charge in [-0.1, -0.05) is 19.8 Å². The highest BCUT2D eigenvalue weighted by molar-refractivity contribution is 6.39. The molecule has 0 saturated heterocycles. The van der Waals surface area contributed by atoms with Crippen LogP contribution in [-0.2, 0) is 20.9 Å². The van der Waals surface area contributed by atoms with Gasteiger partial charge in [0.05, 0.1) is 31.1 Å². The van der Waals surface area contributed by atoms with E-state index in [4.69, 9.17) is 4.74 Å². The molecule has 0 aromatic carbocycles. The number of likely N-dealkylation sites (N-methyl/N-ethyl adjacent to an activating group) is 1. The Kier molecular flexibility index (Phi) is 9.03. The van der Waals surface area contributed by atoms with Crippen LogP contribution in [-0.4, -0.2) is 66.9 Å². The van der Waals surface area contributed by atoms with Gasteiger partial charge in [0, 0.05) is 19.9 Å². The maximum atomic E-state index is 12.0. The second-order valence-corrected chi connectivity index (χ2v) is 6.02. The molecular formula is C16H29N5O3. The summed E-state index contributed by atoms with van der Waals surface area (Å²) in [5.41, 5.74) is 0.505. The van der Waals surface area contributed by atoms with Crippen LogP contribution in [0, 0.1) is 0 Å². The maximum Gasteiger partial charge on any atom is 0.313 e. The first kappa shape index (κ1) is 20.1. The lowest BCUT2D eigenvalue weighted by atomic mass is 10.1. The zero-order valence-electron chi connectivity index (χ0n) is 15.0. The van der Waals surface area contributed by atoms with Gasteiger partial charge in [0.15, 0.2) is 0 Å². The van der Waals surface area contributed by atoms with E-state index in [9.17, 15) is 9.59 Å². The van der Waals surface area contributed by atoms with Crippen molar-refractivity contribution in [1.29, 1.82) is 0 Å². The van der Waals surface area contributed by atoms with Crippen molar-refractivity contribution in [2.75, 3.05) is 39.7 Å². The van der Waals surface area contributed by atoms with Crippen LogP contribution in [0.4, 0.5) is 5.69 Å². The lowest BCUT2D eigenvalue weighted by Crippen LogP contribution is -2.43. The first-order valence-electron chi connectivity index (χ1n) is 8.24. The molecule has 0 aliphatic heterocycles. The number of methoxy groups -OCH3 is 1. The fourth-order valence-corrected chi connectivity index (χ4v) is 2.14. The van der Waals surface area contributed by atoms with Crippen molar-refractivity contribution in [3.63, 3.8) is 0 Å². The van der Waals surface area contributed by atoms with Crippen LogP contribution in [0.25, 0.3) is 0 Å². The number of unbranched alkanes of at least 4 members (excludes halogenated alkanes) is 1. The van der Waals surface area contributed by atoms with Crippen LogP contribution >= 0.6 is 0 Å². The van der Waals surface area contributed by atoms with E-state index in [1.807, 2.05) is 19.0 Å². The van der Waals surface area contributed by atoms with E-state index in [2.05, 4.69) is 22.7 Å². The monoisotopic (exact) mass is 339 g/mol. The Labute approximate surface area is 143 Å². The van der Waals surface area contributed by atoms with Gasteiger partial charge in [0.25, 0.3) is 0 Å². The second-order valence-electron chi connectivity index (χ2n) is 6.02. The van der Waals surface area contributed by atoms with Crippen molar-refractivity contribution in [2.45, 2.75) is 38.8 Å². The number of ether oxygens (including phenoxy) is 1. The topological polar surface area (TPSA) is 88.5 Å². The van der Waals surface area contributed by atoms with Crippen molar-refractivity contribution >= 4 is 17.5 Å². The first-order chi connectivity index (χ1) is 11.5. The van der Waals surface area contributed by atoms with Crippen LogP contribution in [0.2, 0.25) is 0 Å². The molecule has 1 aromatic rings. The SMILES string of the molecule is CCCC[C@H](COC)NC(=O)C(=O)Nc1cnn(CCN(C)C)c1. The molecule has 0 radical (unpaired) electrons. The summed E-state index contributed by atoms with van der Waals surface area (Å²) in [6, 6.07) is -0.156. The van der Waals surface area contributed by atoms with E-state index in [0.29, 0.717) is 18.8 Å². The molecule has 0 aliphatic carbocycles. The number of amides is 2. The number of hydrogen-bond donors (Lipinski definition) is 2. The van der Waals surface area contributed by atoms with Gasteiger partial charge in [-0.2, -0.15) is 5.10 Å². The second kappa shape index (κ2) is 10.8. The Morgan fingerprint density at radius 2 is 2.12 bits per heavy atom. The molecule has 0 aliphatic rings. The molecule has 1 atom stereocenters. The standard InChI is InChI=1S/C16H29N5O3/c1-5-6-7-13(12-24-4)18-15(22)16(23)19-14-10-17-21(11-14)9-8-20(2)3/h10-11,13H,5-9,12H2,1-4H3,(H,18,22)(H,19,23)/t13-/m1/s1. The van der Waals surface area contributed by atoms with E-state index in [-0.39, 0.29) is 6.04 Å². The average Bonchev–Trinajstić information content (AvgIpc) is 2.98. The minimum atomic E-state index is -0.695.